The average molecular weight is 303 g/mol. The van der Waals surface area contributed by atoms with Gasteiger partial charge in [-0.2, -0.15) is 5.10 Å². The van der Waals surface area contributed by atoms with Crippen molar-refractivity contribution in [1.29, 1.82) is 0 Å². The van der Waals surface area contributed by atoms with E-state index >= 15 is 0 Å². The summed E-state index contributed by atoms with van der Waals surface area (Å²) in [5.41, 5.74) is 2.31. The number of piperidine rings is 1. The minimum absolute atomic E-state index is 0.00773. The van der Waals surface area contributed by atoms with E-state index < -0.39 is 12.1 Å². The van der Waals surface area contributed by atoms with Crippen molar-refractivity contribution in [2.45, 2.75) is 25.5 Å². The molecule has 1 aromatic carbocycles. The SMILES string of the molecule is COC(=O)C(O)C1CCN(Cc2cccc3cn[nH]c23)CC1. The Morgan fingerprint density at radius 3 is 3.00 bits per heavy atom. The lowest BCUT2D eigenvalue weighted by atomic mass is 9.91. The number of para-hydroxylation sites is 1. The van der Waals surface area contributed by atoms with Crippen molar-refractivity contribution in [1.82, 2.24) is 15.1 Å². The molecule has 0 saturated carbocycles. The van der Waals surface area contributed by atoms with Gasteiger partial charge in [0.15, 0.2) is 6.10 Å². The first-order chi connectivity index (χ1) is 10.7. The highest BCUT2D eigenvalue weighted by molar-refractivity contribution is 5.81. The monoisotopic (exact) mass is 303 g/mol. The molecule has 1 unspecified atom stereocenters. The fourth-order valence-corrected chi connectivity index (χ4v) is 3.14. The van der Waals surface area contributed by atoms with Crippen molar-refractivity contribution in [2.75, 3.05) is 20.2 Å². The van der Waals surface area contributed by atoms with Gasteiger partial charge in [-0.25, -0.2) is 4.79 Å². The number of hydrogen-bond acceptors (Lipinski definition) is 5. The number of H-pyrrole nitrogens is 1. The normalized spacial score (nSPS) is 18.5. The number of hydrogen-bond donors (Lipinski definition) is 2. The smallest absolute Gasteiger partial charge is 0.334 e. The summed E-state index contributed by atoms with van der Waals surface area (Å²) in [6, 6.07) is 6.19. The molecule has 1 aromatic heterocycles. The molecule has 22 heavy (non-hydrogen) atoms. The van der Waals surface area contributed by atoms with E-state index in [1.807, 2.05) is 18.3 Å². The number of fused-ring (bicyclic) bond motifs is 1. The van der Waals surface area contributed by atoms with Gasteiger partial charge < -0.3 is 9.84 Å². The summed E-state index contributed by atoms with van der Waals surface area (Å²) in [5.74, 6) is -0.535. The van der Waals surface area contributed by atoms with E-state index in [1.165, 1.54) is 12.7 Å². The fourth-order valence-electron chi connectivity index (χ4n) is 3.14. The summed E-state index contributed by atoms with van der Waals surface area (Å²) in [6.07, 6.45) is 2.44. The number of aromatic nitrogens is 2. The van der Waals surface area contributed by atoms with Crippen molar-refractivity contribution < 1.29 is 14.6 Å². The summed E-state index contributed by atoms with van der Waals surface area (Å²) < 4.78 is 4.61. The maximum Gasteiger partial charge on any atom is 0.334 e. The number of nitrogens with zero attached hydrogens (tertiary/aromatic N) is 2. The zero-order valence-electron chi connectivity index (χ0n) is 12.7. The van der Waals surface area contributed by atoms with Gasteiger partial charge in [-0.05, 0) is 37.4 Å². The molecule has 0 aliphatic carbocycles. The van der Waals surface area contributed by atoms with Crippen molar-refractivity contribution in [3.63, 3.8) is 0 Å². The van der Waals surface area contributed by atoms with Gasteiger partial charge in [0.2, 0.25) is 0 Å². The Labute approximate surface area is 129 Å². The number of nitrogens with one attached hydrogen (secondary N) is 1. The van der Waals surface area contributed by atoms with Crippen LogP contribution in [0.3, 0.4) is 0 Å². The minimum Gasteiger partial charge on any atom is -0.467 e. The van der Waals surface area contributed by atoms with Gasteiger partial charge in [-0.15, -0.1) is 0 Å². The van der Waals surface area contributed by atoms with Crippen LogP contribution in [0.1, 0.15) is 18.4 Å². The van der Waals surface area contributed by atoms with Gasteiger partial charge in [0, 0.05) is 11.9 Å². The molecule has 1 aliphatic rings. The van der Waals surface area contributed by atoms with Crippen molar-refractivity contribution in [2.24, 2.45) is 5.92 Å². The Kier molecular flexibility index (Phi) is 4.40. The van der Waals surface area contributed by atoms with Crippen LogP contribution in [0.5, 0.6) is 0 Å². The molecule has 2 N–H and O–H groups in total. The molecule has 0 amide bonds. The van der Waals surface area contributed by atoms with E-state index in [-0.39, 0.29) is 5.92 Å². The Morgan fingerprint density at radius 1 is 1.50 bits per heavy atom. The number of methoxy groups -OCH3 is 1. The molecule has 0 radical (unpaired) electrons. The van der Waals surface area contributed by atoms with Crippen LogP contribution in [0.2, 0.25) is 0 Å². The van der Waals surface area contributed by atoms with Crippen LogP contribution in [0.25, 0.3) is 10.9 Å². The molecule has 1 fully saturated rings. The van der Waals surface area contributed by atoms with E-state index in [9.17, 15) is 9.90 Å². The van der Waals surface area contributed by atoms with Crippen LogP contribution in [-0.2, 0) is 16.1 Å². The van der Waals surface area contributed by atoms with E-state index in [0.29, 0.717) is 0 Å². The summed E-state index contributed by atoms with van der Waals surface area (Å²) in [4.78, 5) is 13.7. The highest BCUT2D eigenvalue weighted by Gasteiger charge is 2.30. The predicted octanol–water partition coefficient (Wildman–Crippen LogP) is 1.31. The van der Waals surface area contributed by atoms with E-state index in [0.717, 1.165) is 43.4 Å². The molecule has 3 rings (SSSR count). The molecule has 6 heteroatoms. The van der Waals surface area contributed by atoms with Crippen LogP contribution < -0.4 is 0 Å². The Morgan fingerprint density at radius 2 is 2.27 bits per heavy atom. The number of ether oxygens (including phenoxy) is 1. The Bertz CT molecular complexity index is 647. The number of carbonyl (C=O) groups is 1. The molecule has 0 spiro atoms. The molecule has 2 heterocycles. The minimum atomic E-state index is -0.997. The molecular formula is C16H21N3O3. The summed E-state index contributed by atoms with van der Waals surface area (Å²) in [7, 11) is 1.31. The summed E-state index contributed by atoms with van der Waals surface area (Å²) in [5, 5.41) is 18.2. The maximum absolute atomic E-state index is 11.4. The van der Waals surface area contributed by atoms with Crippen LogP contribution in [0.15, 0.2) is 24.4 Å². The number of carbonyl (C=O) groups excluding carboxylic acids is 1. The maximum atomic E-state index is 11.4. The number of rotatable bonds is 4. The quantitative estimate of drug-likeness (QED) is 0.833. The van der Waals surface area contributed by atoms with Crippen molar-refractivity contribution in [3.05, 3.63) is 30.0 Å². The molecule has 2 aromatic rings. The zero-order valence-corrected chi connectivity index (χ0v) is 12.7. The Balaban J connectivity index is 1.60. The van der Waals surface area contributed by atoms with Crippen molar-refractivity contribution >= 4 is 16.9 Å². The molecule has 1 saturated heterocycles. The summed E-state index contributed by atoms with van der Waals surface area (Å²) in [6.45, 7) is 2.58. The molecule has 0 bridgehead atoms. The van der Waals surface area contributed by atoms with E-state index in [1.54, 1.807) is 0 Å². The molecular weight excluding hydrogens is 282 g/mol. The van der Waals surface area contributed by atoms with E-state index in [4.69, 9.17) is 0 Å². The second kappa shape index (κ2) is 6.46. The molecule has 118 valence electrons. The largest absolute Gasteiger partial charge is 0.467 e. The van der Waals surface area contributed by atoms with E-state index in [2.05, 4.69) is 25.9 Å². The lowest BCUT2D eigenvalue weighted by molar-refractivity contribution is -0.154. The number of aliphatic hydroxyl groups is 1. The van der Waals surface area contributed by atoms with Crippen LogP contribution in [0.4, 0.5) is 0 Å². The fraction of sp³-hybridized carbons (Fsp3) is 0.500. The van der Waals surface area contributed by atoms with Crippen LogP contribution in [-0.4, -0.2) is 52.5 Å². The van der Waals surface area contributed by atoms with Gasteiger partial charge in [0.05, 0.1) is 18.8 Å². The third-order valence-corrected chi connectivity index (χ3v) is 4.48. The second-order valence-electron chi connectivity index (χ2n) is 5.83. The average Bonchev–Trinajstić information content (AvgIpc) is 3.04. The summed E-state index contributed by atoms with van der Waals surface area (Å²) >= 11 is 0. The first-order valence-electron chi connectivity index (χ1n) is 7.58. The lowest BCUT2D eigenvalue weighted by Gasteiger charge is -2.33. The number of aromatic amines is 1. The molecule has 1 atom stereocenters. The topological polar surface area (TPSA) is 78.5 Å². The standard InChI is InChI=1S/C16H21N3O3/c1-22-16(21)15(20)11-5-7-19(8-6-11)10-13-4-2-3-12-9-17-18-14(12)13/h2-4,9,11,15,20H,5-8,10H2,1H3,(H,17,18). The van der Waals surface area contributed by atoms with Gasteiger partial charge in [-0.1, -0.05) is 18.2 Å². The lowest BCUT2D eigenvalue weighted by Crippen LogP contribution is -2.40. The first kappa shape index (κ1) is 15.0. The highest BCUT2D eigenvalue weighted by Crippen LogP contribution is 2.24. The number of aliphatic hydroxyl groups excluding tert-OH is 1. The number of likely N-dealkylation sites (tertiary alicyclic amines) is 1. The van der Waals surface area contributed by atoms with Gasteiger partial charge in [-0.3, -0.25) is 10.00 Å². The molecule has 6 nitrogen and oxygen atoms in total. The van der Waals surface area contributed by atoms with Gasteiger partial charge in [0.1, 0.15) is 0 Å². The zero-order chi connectivity index (χ0) is 15.5. The highest BCUT2D eigenvalue weighted by atomic mass is 16.5. The van der Waals surface area contributed by atoms with Crippen molar-refractivity contribution in [3.8, 4) is 0 Å². The Hall–Kier alpha value is -1.92. The van der Waals surface area contributed by atoms with Gasteiger partial charge in [0.25, 0.3) is 0 Å². The third-order valence-electron chi connectivity index (χ3n) is 4.48. The second-order valence-corrected chi connectivity index (χ2v) is 5.83. The third kappa shape index (κ3) is 2.98. The van der Waals surface area contributed by atoms with Crippen LogP contribution in [0, 0.1) is 5.92 Å². The van der Waals surface area contributed by atoms with Gasteiger partial charge >= 0.3 is 5.97 Å². The predicted molar refractivity (Wildman–Crippen MR) is 82.1 cm³/mol. The molecule has 1 aliphatic heterocycles. The number of benzene rings is 1. The number of esters is 1. The first-order valence-corrected chi connectivity index (χ1v) is 7.58. The van der Waals surface area contributed by atoms with Crippen LogP contribution >= 0.6 is 0 Å².